The fraction of sp³-hybridized carbons (Fsp3) is 0.750. The number of aliphatic hydroxyl groups is 3. The van der Waals surface area contributed by atoms with Crippen LogP contribution in [-0.2, 0) is 9.53 Å². The molecule has 0 bridgehead atoms. The van der Waals surface area contributed by atoms with Gasteiger partial charge in [0.1, 0.15) is 6.10 Å². The summed E-state index contributed by atoms with van der Waals surface area (Å²) >= 11 is 0. The Morgan fingerprint density at radius 3 is 1.82 bits per heavy atom. The molecule has 1 unspecified atom stereocenters. The van der Waals surface area contributed by atoms with Gasteiger partial charge in [-0.15, -0.1) is 0 Å². The highest BCUT2D eigenvalue weighted by atomic mass is 16.5. The molecule has 0 rings (SSSR count). The Bertz CT molecular complexity index is 279. The number of rotatable bonds is 6. The second kappa shape index (κ2) is 6.74. The Balaban J connectivity index is 4.80. The first-order valence-corrected chi connectivity index (χ1v) is 5.52. The van der Waals surface area contributed by atoms with E-state index in [4.69, 9.17) is 4.74 Å². The van der Waals surface area contributed by atoms with Crippen LogP contribution in [0.2, 0.25) is 0 Å². The summed E-state index contributed by atoms with van der Waals surface area (Å²) < 4.78 is 5.13. The van der Waals surface area contributed by atoms with E-state index >= 15 is 0 Å². The molecule has 0 heterocycles. The number of carbonyl (C=O) groups excluding carboxylic acids is 1. The van der Waals surface area contributed by atoms with Gasteiger partial charge < -0.3 is 20.1 Å². The quantitative estimate of drug-likeness (QED) is 0.461. The van der Waals surface area contributed by atoms with Crippen LogP contribution < -0.4 is 0 Å². The summed E-state index contributed by atoms with van der Waals surface area (Å²) in [5.41, 5.74) is 0.113. The number of allylic oxidation sites excluding steroid dienone is 1. The van der Waals surface area contributed by atoms with E-state index < -0.39 is 37.3 Å². The Morgan fingerprint density at radius 1 is 1.12 bits per heavy atom. The van der Waals surface area contributed by atoms with Crippen molar-refractivity contribution in [3.05, 3.63) is 11.1 Å². The normalized spacial score (nSPS) is 13.1. The minimum atomic E-state index is -1.21. The van der Waals surface area contributed by atoms with Crippen molar-refractivity contribution in [1.82, 2.24) is 0 Å². The Hall–Kier alpha value is -0.910. The molecule has 17 heavy (non-hydrogen) atoms. The zero-order valence-electron chi connectivity index (χ0n) is 10.9. The van der Waals surface area contributed by atoms with Gasteiger partial charge in [-0.1, -0.05) is 5.57 Å². The lowest BCUT2D eigenvalue weighted by atomic mass is 9.85. The third-order valence-electron chi connectivity index (χ3n) is 3.15. The molecule has 0 aromatic carbocycles. The maximum atomic E-state index is 11.7. The highest BCUT2D eigenvalue weighted by Crippen LogP contribution is 2.24. The number of hydrogen-bond acceptors (Lipinski definition) is 5. The Kier molecular flexibility index (Phi) is 6.37. The molecule has 0 amide bonds. The Labute approximate surface area is 102 Å². The summed E-state index contributed by atoms with van der Waals surface area (Å²) in [6, 6.07) is 0. The molecular formula is C12H22O5. The minimum absolute atomic E-state index is 0.456. The van der Waals surface area contributed by atoms with Crippen LogP contribution in [0.4, 0.5) is 0 Å². The van der Waals surface area contributed by atoms with Gasteiger partial charge in [-0.05, 0) is 27.7 Å². The standard InChI is InChI=1S/C12H22O5/c1-8(2)9(3)11(16)17-10(4)12(5-13,6-14)7-15/h10,13-15H,5-7H2,1-4H3. The van der Waals surface area contributed by atoms with E-state index in [0.717, 1.165) is 5.57 Å². The van der Waals surface area contributed by atoms with E-state index in [-0.39, 0.29) is 0 Å². The fourth-order valence-corrected chi connectivity index (χ4v) is 1.11. The molecule has 0 fully saturated rings. The summed E-state index contributed by atoms with van der Waals surface area (Å²) in [6.07, 6.45) is -0.774. The Morgan fingerprint density at radius 2 is 1.53 bits per heavy atom. The van der Waals surface area contributed by atoms with E-state index in [9.17, 15) is 20.1 Å². The largest absolute Gasteiger partial charge is 0.458 e. The topological polar surface area (TPSA) is 87.0 Å². The molecule has 0 aromatic rings. The maximum absolute atomic E-state index is 11.7. The van der Waals surface area contributed by atoms with Crippen LogP contribution in [0.25, 0.3) is 0 Å². The molecular weight excluding hydrogens is 224 g/mol. The van der Waals surface area contributed by atoms with Gasteiger partial charge in [-0.2, -0.15) is 0 Å². The molecule has 3 N–H and O–H groups in total. The fourth-order valence-electron chi connectivity index (χ4n) is 1.11. The highest BCUT2D eigenvalue weighted by molar-refractivity contribution is 5.88. The average Bonchev–Trinajstić information content (AvgIpc) is 2.30. The lowest BCUT2D eigenvalue weighted by Crippen LogP contribution is -2.46. The van der Waals surface area contributed by atoms with Gasteiger partial charge in [0.2, 0.25) is 0 Å². The van der Waals surface area contributed by atoms with Gasteiger partial charge in [0.25, 0.3) is 0 Å². The predicted molar refractivity (Wildman–Crippen MR) is 63.3 cm³/mol. The van der Waals surface area contributed by atoms with Gasteiger partial charge in [-0.3, -0.25) is 0 Å². The molecule has 5 nitrogen and oxygen atoms in total. The molecule has 1 atom stereocenters. The summed E-state index contributed by atoms with van der Waals surface area (Å²) in [4.78, 5) is 11.7. The zero-order valence-corrected chi connectivity index (χ0v) is 10.9. The molecule has 0 aliphatic rings. The van der Waals surface area contributed by atoms with Crippen LogP contribution in [-0.4, -0.2) is 47.2 Å². The second-order valence-corrected chi connectivity index (χ2v) is 4.51. The van der Waals surface area contributed by atoms with Crippen molar-refractivity contribution in [3.8, 4) is 0 Å². The van der Waals surface area contributed by atoms with Gasteiger partial charge in [0, 0.05) is 5.57 Å². The van der Waals surface area contributed by atoms with Crippen molar-refractivity contribution in [2.45, 2.75) is 33.8 Å². The van der Waals surface area contributed by atoms with Crippen molar-refractivity contribution in [1.29, 1.82) is 0 Å². The lowest BCUT2D eigenvalue weighted by Gasteiger charge is -2.33. The van der Waals surface area contributed by atoms with Gasteiger partial charge in [-0.25, -0.2) is 4.79 Å². The van der Waals surface area contributed by atoms with Crippen molar-refractivity contribution >= 4 is 5.97 Å². The van der Waals surface area contributed by atoms with Crippen molar-refractivity contribution in [2.24, 2.45) is 5.41 Å². The molecule has 0 aromatic heterocycles. The average molecular weight is 246 g/mol. The van der Waals surface area contributed by atoms with Crippen LogP contribution >= 0.6 is 0 Å². The van der Waals surface area contributed by atoms with Crippen molar-refractivity contribution < 1.29 is 24.9 Å². The third kappa shape index (κ3) is 3.80. The second-order valence-electron chi connectivity index (χ2n) is 4.51. The summed E-state index contributed by atoms with van der Waals surface area (Å²) in [7, 11) is 0. The summed E-state index contributed by atoms with van der Waals surface area (Å²) in [6.45, 7) is 5.39. The molecule has 0 aliphatic heterocycles. The molecule has 0 aliphatic carbocycles. The van der Waals surface area contributed by atoms with E-state index in [0.29, 0.717) is 5.57 Å². The summed E-state index contributed by atoms with van der Waals surface area (Å²) in [5.74, 6) is -0.503. The molecule has 5 heteroatoms. The van der Waals surface area contributed by atoms with Crippen molar-refractivity contribution in [3.63, 3.8) is 0 Å². The third-order valence-corrected chi connectivity index (χ3v) is 3.15. The zero-order chi connectivity index (χ0) is 13.6. The first kappa shape index (κ1) is 16.1. The first-order valence-electron chi connectivity index (χ1n) is 5.52. The smallest absolute Gasteiger partial charge is 0.333 e. The predicted octanol–water partition coefficient (Wildman–Crippen LogP) is 0.238. The number of ether oxygens (including phenoxy) is 1. The molecule has 0 saturated heterocycles. The molecule has 0 spiro atoms. The van der Waals surface area contributed by atoms with E-state index in [1.54, 1.807) is 27.7 Å². The SMILES string of the molecule is CC(C)=C(C)C(=O)OC(C)C(CO)(CO)CO. The van der Waals surface area contributed by atoms with Crippen LogP contribution in [0, 0.1) is 5.41 Å². The van der Waals surface area contributed by atoms with Crippen LogP contribution in [0.3, 0.4) is 0 Å². The minimum Gasteiger partial charge on any atom is -0.458 e. The van der Waals surface area contributed by atoms with Gasteiger partial charge >= 0.3 is 5.97 Å². The first-order chi connectivity index (χ1) is 7.84. The van der Waals surface area contributed by atoms with E-state index in [1.807, 2.05) is 0 Å². The highest BCUT2D eigenvalue weighted by Gasteiger charge is 2.37. The molecule has 0 radical (unpaired) electrons. The van der Waals surface area contributed by atoms with E-state index in [2.05, 4.69) is 0 Å². The number of hydrogen-bond donors (Lipinski definition) is 3. The maximum Gasteiger partial charge on any atom is 0.333 e. The number of esters is 1. The van der Waals surface area contributed by atoms with Gasteiger partial charge in [0.15, 0.2) is 0 Å². The number of carbonyl (C=O) groups is 1. The van der Waals surface area contributed by atoms with Gasteiger partial charge in [0.05, 0.1) is 25.2 Å². The van der Waals surface area contributed by atoms with E-state index in [1.165, 1.54) is 0 Å². The van der Waals surface area contributed by atoms with Crippen LogP contribution in [0.15, 0.2) is 11.1 Å². The molecule has 0 saturated carbocycles. The van der Waals surface area contributed by atoms with Crippen molar-refractivity contribution in [2.75, 3.05) is 19.8 Å². The summed E-state index contributed by atoms with van der Waals surface area (Å²) in [5, 5.41) is 27.6. The number of aliphatic hydroxyl groups excluding tert-OH is 3. The van der Waals surface area contributed by atoms with Crippen LogP contribution in [0.5, 0.6) is 0 Å². The molecule has 100 valence electrons. The van der Waals surface area contributed by atoms with Crippen LogP contribution in [0.1, 0.15) is 27.7 Å². The monoisotopic (exact) mass is 246 g/mol. The lowest BCUT2D eigenvalue weighted by molar-refractivity contribution is -0.158.